The molecule has 0 fully saturated rings. The van der Waals surface area contributed by atoms with E-state index in [4.69, 9.17) is 0 Å². The van der Waals surface area contributed by atoms with E-state index in [1.807, 2.05) is 23.1 Å². The molecule has 1 aliphatic rings. The maximum absolute atomic E-state index is 13.0. The van der Waals surface area contributed by atoms with Crippen molar-refractivity contribution < 1.29 is 31.4 Å². The number of hydrogen-bond acceptors (Lipinski definition) is 2. The zero-order valence-corrected chi connectivity index (χ0v) is 16.0. The van der Waals surface area contributed by atoms with Crippen LogP contribution in [0.15, 0.2) is 46.9 Å². The monoisotopic (exact) mass is 467 g/mol. The minimum absolute atomic E-state index is 0.339. The molecule has 0 aromatic heterocycles. The summed E-state index contributed by atoms with van der Waals surface area (Å²) in [5.41, 5.74) is -3.49. The number of rotatable bonds is 3. The second-order valence-corrected chi connectivity index (χ2v) is 7.62. The molecule has 0 spiro atoms. The van der Waals surface area contributed by atoms with Gasteiger partial charge in [0.2, 0.25) is 0 Å². The highest BCUT2D eigenvalue weighted by atomic mass is 79.9. The zero-order valence-electron chi connectivity index (χ0n) is 14.4. The molecule has 1 N–H and O–H groups in total. The Kier molecular flexibility index (Phi) is 5.44. The maximum atomic E-state index is 13.0. The normalized spacial score (nSPS) is 15.5. The van der Waals surface area contributed by atoms with Gasteiger partial charge in [0.15, 0.2) is 0 Å². The quantitative estimate of drug-likeness (QED) is 0.584. The van der Waals surface area contributed by atoms with E-state index < -0.39 is 23.5 Å². The molecule has 152 valence electrons. The van der Waals surface area contributed by atoms with Crippen LogP contribution < -0.4 is 4.90 Å². The highest BCUT2D eigenvalue weighted by molar-refractivity contribution is 9.10. The van der Waals surface area contributed by atoms with E-state index in [-0.39, 0.29) is 0 Å². The number of aryl methyl sites for hydroxylation is 1. The van der Waals surface area contributed by atoms with Gasteiger partial charge in [0.05, 0.1) is 0 Å². The molecule has 2 nitrogen and oxygen atoms in total. The molecule has 0 radical (unpaired) electrons. The number of anilines is 1. The van der Waals surface area contributed by atoms with Crippen LogP contribution in [0.5, 0.6) is 0 Å². The van der Waals surface area contributed by atoms with Crippen molar-refractivity contribution in [2.75, 3.05) is 11.4 Å². The first-order valence-electron chi connectivity index (χ1n) is 8.42. The zero-order chi connectivity index (χ0) is 20.7. The fourth-order valence-corrected chi connectivity index (χ4v) is 3.78. The summed E-state index contributed by atoms with van der Waals surface area (Å²) >= 11 is 3.41. The predicted molar refractivity (Wildman–Crippen MR) is 96.0 cm³/mol. The fraction of sp³-hybridized carbons (Fsp3) is 0.368. The molecule has 0 amide bonds. The Morgan fingerprint density at radius 3 is 2.11 bits per heavy atom. The second kappa shape index (κ2) is 7.26. The number of halogens is 7. The van der Waals surface area contributed by atoms with Gasteiger partial charge in [-0.1, -0.05) is 40.2 Å². The first-order valence-corrected chi connectivity index (χ1v) is 9.21. The number of aliphatic hydroxyl groups is 1. The molecule has 1 aliphatic heterocycles. The molecular weight excluding hydrogens is 452 g/mol. The van der Waals surface area contributed by atoms with Crippen molar-refractivity contribution >= 4 is 21.6 Å². The van der Waals surface area contributed by atoms with Crippen LogP contribution in [0.25, 0.3) is 0 Å². The number of alkyl halides is 6. The molecule has 2 aromatic rings. The number of fused-ring (bicyclic) bond motifs is 1. The Balaban J connectivity index is 1.86. The lowest BCUT2D eigenvalue weighted by Crippen LogP contribution is -2.53. The lowest BCUT2D eigenvalue weighted by atomic mass is 9.91. The van der Waals surface area contributed by atoms with Gasteiger partial charge in [-0.3, -0.25) is 0 Å². The third kappa shape index (κ3) is 3.74. The van der Waals surface area contributed by atoms with Gasteiger partial charge in [-0.15, -0.1) is 0 Å². The summed E-state index contributed by atoms with van der Waals surface area (Å²) in [6, 6.07) is 9.55. The van der Waals surface area contributed by atoms with Crippen LogP contribution in [0, 0.1) is 0 Å². The molecule has 1 heterocycles. The van der Waals surface area contributed by atoms with Crippen LogP contribution in [-0.2, 0) is 18.6 Å². The molecule has 0 bridgehead atoms. The Labute approximate surface area is 165 Å². The lowest BCUT2D eigenvalue weighted by molar-refractivity contribution is -0.376. The van der Waals surface area contributed by atoms with Crippen molar-refractivity contribution in [3.8, 4) is 0 Å². The molecule has 0 aliphatic carbocycles. The highest BCUT2D eigenvalue weighted by Gasteiger charge is 2.71. The van der Waals surface area contributed by atoms with E-state index >= 15 is 0 Å². The lowest BCUT2D eigenvalue weighted by Gasteiger charge is -2.33. The summed E-state index contributed by atoms with van der Waals surface area (Å²) in [4.78, 5) is 2.03. The average molecular weight is 468 g/mol. The van der Waals surface area contributed by atoms with E-state index in [9.17, 15) is 31.4 Å². The highest BCUT2D eigenvalue weighted by Crippen LogP contribution is 2.50. The SMILES string of the molecule is OC(c1ccc(CN2CCCc3cc(Br)ccc32)cc1)(C(F)(F)F)C(F)(F)F. The van der Waals surface area contributed by atoms with Gasteiger partial charge >= 0.3 is 12.4 Å². The predicted octanol–water partition coefficient (Wildman–Crippen LogP) is 5.71. The van der Waals surface area contributed by atoms with Crippen molar-refractivity contribution in [1.82, 2.24) is 0 Å². The van der Waals surface area contributed by atoms with Gasteiger partial charge in [-0.25, -0.2) is 0 Å². The van der Waals surface area contributed by atoms with Crippen LogP contribution in [0.3, 0.4) is 0 Å². The van der Waals surface area contributed by atoms with Crippen molar-refractivity contribution in [2.24, 2.45) is 0 Å². The summed E-state index contributed by atoms with van der Waals surface area (Å²) in [7, 11) is 0. The van der Waals surface area contributed by atoms with Crippen LogP contribution in [0.2, 0.25) is 0 Å². The van der Waals surface area contributed by atoms with Crippen molar-refractivity contribution in [1.29, 1.82) is 0 Å². The van der Waals surface area contributed by atoms with Gasteiger partial charge in [0, 0.05) is 28.8 Å². The van der Waals surface area contributed by atoms with Gasteiger partial charge in [-0.05, 0) is 42.2 Å². The summed E-state index contributed by atoms with van der Waals surface area (Å²) in [5, 5.41) is 9.46. The summed E-state index contributed by atoms with van der Waals surface area (Å²) in [5.74, 6) is 0. The smallest absolute Gasteiger partial charge is 0.369 e. The number of nitrogens with zero attached hydrogens (tertiary/aromatic N) is 1. The number of hydrogen-bond donors (Lipinski definition) is 1. The number of benzene rings is 2. The summed E-state index contributed by atoms with van der Waals surface area (Å²) in [6.07, 6.45) is -9.98. The molecule has 28 heavy (non-hydrogen) atoms. The Hall–Kier alpha value is -1.74. The second-order valence-electron chi connectivity index (χ2n) is 6.70. The Morgan fingerprint density at radius 1 is 0.929 bits per heavy atom. The van der Waals surface area contributed by atoms with E-state index in [0.29, 0.717) is 24.2 Å². The summed E-state index contributed by atoms with van der Waals surface area (Å²) < 4.78 is 78.8. The van der Waals surface area contributed by atoms with Gasteiger partial charge in [0.25, 0.3) is 5.60 Å². The van der Waals surface area contributed by atoms with Crippen molar-refractivity contribution in [3.05, 3.63) is 63.6 Å². The van der Waals surface area contributed by atoms with E-state index in [2.05, 4.69) is 15.9 Å². The van der Waals surface area contributed by atoms with E-state index in [0.717, 1.165) is 35.1 Å². The third-order valence-corrected chi connectivity index (χ3v) is 5.32. The molecule has 9 heteroatoms. The standard InChI is InChI=1S/C19H16BrF6NO/c20-15-7-8-16-13(10-15)2-1-9-27(16)11-12-3-5-14(6-4-12)17(28,18(21,22)23)19(24,25)26/h3-8,10,28H,1-2,9,11H2. The first-order chi connectivity index (χ1) is 12.9. The molecule has 0 atom stereocenters. The summed E-state index contributed by atoms with van der Waals surface area (Å²) in [6.45, 7) is 1.07. The van der Waals surface area contributed by atoms with Crippen LogP contribution in [-0.4, -0.2) is 24.0 Å². The van der Waals surface area contributed by atoms with Crippen molar-refractivity contribution in [3.63, 3.8) is 0 Å². The molecular formula is C19H16BrF6NO. The fourth-order valence-electron chi connectivity index (χ4n) is 3.37. The topological polar surface area (TPSA) is 23.5 Å². The van der Waals surface area contributed by atoms with Gasteiger partial charge in [0.1, 0.15) is 0 Å². The van der Waals surface area contributed by atoms with Crippen LogP contribution in [0.1, 0.15) is 23.1 Å². The minimum atomic E-state index is -5.88. The minimum Gasteiger partial charge on any atom is -0.369 e. The van der Waals surface area contributed by atoms with Crippen LogP contribution in [0.4, 0.5) is 32.0 Å². The van der Waals surface area contributed by atoms with Crippen molar-refractivity contribution in [2.45, 2.75) is 37.3 Å². The van der Waals surface area contributed by atoms with Crippen LogP contribution >= 0.6 is 15.9 Å². The van der Waals surface area contributed by atoms with Gasteiger partial charge < -0.3 is 10.0 Å². The third-order valence-electron chi connectivity index (χ3n) is 4.82. The van der Waals surface area contributed by atoms with E-state index in [1.54, 1.807) is 0 Å². The molecule has 2 aromatic carbocycles. The molecule has 0 saturated carbocycles. The first kappa shape index (κ1) is 21.0. The molecule has 3 rings (SSSR count). The Morgan fingerprint density at radius 2 is 1.54 bits per heavy atom. The average Bonchev–Trinajstić information content (AvgIpc) is 2.59. The van der Waals surface area contributed by atoms with Gasteiger partial charge in [-0.2, -0.15) is 26.3 Å². The molecule has 0 saturated heterocycles. The maximum Gasteiger partial charge on any atom is 0.430 e. The molecule has 0 unspecified atom stereocenters. The largest absolute Gasteiger partial charge is 0.430 e. The Bertz CT molecular complexity index is 833. The van der Waals surface area contributed by atoms with E-state index in [1.165, 1.54) is 12.1 Å².